The third kappa shape index (κ3) is 2.79. The van der Waals surface area contributed by atoms with Crippen LogP contribution in [0.1, 0.15) is 37.4 Å². The molecule has 3 N–H and O–H groups in total. The molecular formula is C11H14N8OS. The molecule has 21 heavy (non-hydrogen) atoms. The summed E-state index contributed by atoms with van der Waals surface area (Å²) in [4.78, 5) is 8.29. The van der Waals surface area contributed by atoms with E-state index in [1.165, 1.54) is 30.8 Å². The van der Waals surface area contributed by atoms with Crippen molar-refractivity contribution in [3.8, 4) is 0 Å². The Morgan fingerprint density at radius 1 is 1.33 bits per heavy atom. The molecule has 0 unspecified atom stereocenters. The van der Waals surface area contributed by atoms with Crippen LogP contribution in [0.4, 0.5) is 0 Å². The van der Waals surface area contributed by atoms with Crippen molar-refractivity contribution in [3.05, 3.63) is 18.1 Å². The molecule has 0 aliphatic heterocycles. The number of hydrogen-bond donors (Lipinski definition) is 2. The first-order valence-electron chi connectivity index (χ1n) is 6.54. The third-order valence-electron chi connectivity index (χ3n) is 3.34. The Morgan fingerprint density at radius 2 is 2.10 bits per heavy atom. The summed E-state index contributed by atoms with van der Waals surface area (Å²) >= 11 is 1.26. The summed E-state index contributed by atoms with van der Waals surface area (Å²) in [6.45, 7) is 0. The number of tetrazole rings is 1. The van der Waals surface area contributed by atoms with Gasteiger partial charge in [-0.1, -0.05) is 18.0 Å². The van der Waals surface area contributed by atoms with E-state index >= 15 is 0 Å². The topological polar surface area (TPSA) is 128 Å². The zero-order valence-corrected chi connectivity index (χ0v) is 11.9. The smallest absolute Gasteiger partial charge is 0.215 e. The monoisotopic (exact) mass is 306 g/mol. The van der Waals surface area contributed by atoms with Gasteiger partial charge in [-0.05, 0) is 35.0 Å². The van der Waals surface area contributed by atoms with Crippen molar-refractivity contribution in [2.75, 3.05) is 0 Å². The summed E-state index contributed by atoms with van der Waals surface area (Å²) in [6.07, 6.45) is 7.56. The largest absolute Gasteiger partial charge is 0.409 e. The minimum atomic E-state index is -0.0921. The maximum absolute atomic E-state index is 8.81. The lowest BCUT2D eigenvalue weighted by Crippen LogP contribution is -2.17. The molecule has 10 heteroatoms. The number of hydrogen-bond acceptors (Lipinski definition) is 8. The molecule has 1 aliphatic rings. The van der Waals surface area contributed by atoms with Crippen molar-refractivity contribution >= 4 is 17.6 Å². The van der Waals surface area contributed by atoms with E-state index in [0.717, 1.165) is 12.8 Å². The number of nitrogens with two attached hydrogens (primary N) is 1. The maximum atomic E-state index is 8.81. The Balaban J connectivity index is 1.89. The predicted molar refractivity (Wildman–Crippen MR) is 74.0 cm³/mol. The van der Waals surface area contributed by atoms with E-state index in [4.69, 9.17) is 10.9 Å². The highest BCUT2D eigenvalue weighted by molar-refractivity contribution is 7.99. The molecule has 110 valence electrons. The van der Waals surface area contributed by atoms with Crippen LogP contribution in [-0.2, 0) is 0 Å². The molecule has 3 rings (SSSR count). The van der Waals surface area contributed by atoms with Gasteiger partial charge in [-0.15, -0.1) is 5.10 Å². The lowest BCUT2D eigenvalue weighted by atomic mass is 10.3. The van der Waals surface area contributed by atoms with Gasteiger partial charge in [0.1, 0.15) is 10.7 Å². The summed E-state index contributed by atoms with van der Waals surface area (Å²) in [5.41, 5.74) is 5.92. The van der Waals surface area contributed by atoms with Crippen LogP contribution in [0.2, 0.25) is 0 Å². The average molecular weight is 306 g/mol. The van der Waals surface area contributed by atoms with Crippen molar-refractivity contribution in [1.82, 2.24) is 30.2 Å². The minimum absolute atomic E-state index is 0.0921. The first-order valence-corrected chi connectivity index (χ1v) is 7.36. The normalized spacial score (nSPS) is 16.5. The van der Waals surface area contributed by atoms with E-state index in [0.29, 0.717) is 21.9 Å². The number of aromatic nitrogens is 6. The second-order valence-electron chi connectivity index (χ2n) is 4.64. The zero-order chi connectivity index (χ0) is 14.7. The van der Waals surface area contributed by atoms with Gasteiger partial charge in [0.05, 0.1) is 6.04 Å². The molecule has 0 atom stereocenters. The summed E-state index contributed by atoms with van der Waals surface area (Å²) < 4.78 is 1.82. The van der Waals surface area contributed by atoms with Gasteiger partial charge in [0.2, 0.25) is 5.16 Å². The van der Waals surface area contributed by atoms with Crippen LogP contribution in [-0.4, -0.2) is 41.2 Å². The van der Waals surface area contributed by atoms with Crippen molar-refractivity contribution in [3.63, 3.8) is 0 Å². The quantitative estimate of drug-likeness (QED) is 0.368. The molecule has 0 amide bonds. The van der Waals surface area contributed by atoms with E-state index in [1.54, 1.807) is 6.20 Å². The van der Waals surface area contributed by atoms with E-state index in [2.05, 4.69) is 30.6 Å². The fourth-order valence-corrected chi connectivity index (χ4v) is 3.24. The molecule has 2 aromatic heterocycles. The predicted octanol–water partition coefficient (Wildman–Crippen LogP) is 0.824. The van der Waals surface area contributed by atoms with Crippen molar-refractivity contribution in [2.24, 2.45) is 10.9 Å². The third-order valence-corrected chi connectivity index (χ3v) is 4.28. The van der Waals surface area contributed by atoms with Gasteiger partial charge in [-0.2, -0.15) is 0 Å². The summed E-state index contributed by atoms with van der Waals surface area (Å²) in [5.74, 6) is -0.0921. The van der Waals surface area contributed by atoms with Gasteiger partial charge in [0.25, 0.3) is 0 Å². The Morgan fingerprint density at radius 3 is 2.86 bits per heavy atom. The SMILES string of the molecule is NC(=NO)c1nccnc1Sc1nnnn1C1CCCC1. The van der Waals surface area contributed by atoms with Crippen LogP contribution in [0.5, 0.6) is 0 Å². The van der Waals surface area contributed by atoms with Crippen molar-refractivity contribution in [2.45, 2.75) is 41.9 Å². The molecule has 1 fully saturated rings. The van der Waals surface area contributed by atoms with E-state index in [1.807, 2.05) is 4.68 Å². The highest BCUT2D eigenvalue weighted by Gasteiger charge is 2.23. The standard InChI is InChI=1S/C11H14N8OS/c12-9(16-20)8-10(14-6-5-13-8)21-11-15-17-18-19(11)7-3-1-2-4-7/h5-7,20H,1-4H2,(H2,12,16). The maximum Gasteiger partial charge on any atom is 0.215 e. The first kappa shape index (κ1) is 13.7. The molecule has 9 nitrogen and oxygen atoms in total. The Hall–Kier alpha value is -2.23. The molecule has 0 spiro atoms. The number of nitrogens with zero attached hydrogens (tertiary/aromatic N) is 7. The van der Waals surface area contributed by atoms with Gasteiger partial charge in [-0.3, -0.25) is 0 Å². The molecule has 2 aromatic rings. The van der Waals surface area contributed by atoms with Gasteiger partial charge in [0, 0.05) is 12.4 Å². The minimum Gasteiger partial charge on any atom is -0.409 e. The van der Waals surface area contributed by atoms with Gasteiger partial charge in [-0.25, -0.2) is 14.6 Å². The molecule has 0 saturated heterocycles. The van der Waals surface area contributed by atoms with Gasteiger partial charge < -0.3 is 10.9 Å². The molecule has 0 bridgehead atoms. The van der Waals surface area contributed by atoms with Crippen molar-refractivity contribution in [1.29, 1.82) is 0 Å². The van der Waals surface area contributed by atoms with Crippen LogP contribution >= 0.6 is 11.8 Å². The van der Waals surface area contributed by atoms with E-state index in [9.17, 15) is 0 Å². The molecule has 0 aromatic carbocycles. The number of oxime groups is 1. The number of amidine groups is 1. The highest BCUT2D eigenvalue weighted by atomic mass is 32.2. The van der Waals surface area contributed by atoms with Crippen LogP contribution < -0.4 is 5.73 Å². The second kappa shape index (κ2) is 6.04. The lowest BCUT2D eigenvalue weighted by molar-refractivity contribution is 0.318. The van der Waals surface area contributed by atoms with Crippen LogP contribution in [0.25, 0.3) is 0 Å². The molecule has 1 saturated carbocycles. The molecule has 0 radical (unpaired) electrons. The Labute approximate surface area is 124 Å². The first-order chi connectivity index (χ1) is 10.3. The summed E-state index contributed by atoms with van der Waals surface area (Å²) in [5, 5.41) is 24.8. The Kier molecular flexibility index (Phi) is 3.95. The molecule has 2 heterocycles. The fraction of sp³-hybridized carbons (Fsp3) is 0.455. The van der Waals surface area contributed by atoms with Crippen LogP contribution in [0.3, 0.4) is 0 Å². The van der Waals surface area contributed by atoms with Crippen LogP contribution in [0, 0.1) is 0 Å². The molecular weight excluding hydrogens is 292 g/mol. The lowest BCUT2D eigenvalue weighted by Gasteiger charge is -2.11. The molecule has 1 aliphatic carbocycles. The van der Waals surface area contributed by atoms with Gasteiger partial charge in [0.15, 0.2) is 5.84 Å². The average Bonchev–Trinajstić information content (AvgIpc) is 3.17. The summed E-state index contributed by atoms with van der Waals surface area (Å²) in [7, 11) is 0. The summed E-state index contributed by atoms with van der Waals surface area (Å²) in [6, 6.07) is 0.325. The number of rotatable bonds is 4. The highest BCUT2D eigenvalue weighted by Crippen LogP contribution is 2.33. The van der Waals surface area contributed by atoms with Crippen LogP contribution in [0.15, 0.2) is 27.7 Å². The van der Waals surface area contributed by atoms with E-state index < -0.39 is 0 Å². The van der Waals surface area contributed by atoms with E-state index in [-0.39, 0.29) is 5.84 Å². The second-order valence-corrected chi connectivity index (χ2v) is 5.60. The Bertz CT molecular complexity index is 651. The zero-order valence-electron chi connectivity index (χ0n) is 11.1. The van der Waals surface area contributed by atoms with Crippen molar-refractivity contribution < 1.29 is 5.21 Å². The van der Waals surface area contributed by atoms with Gasteiger partial charge >= 0.3 is 0 Å². The fourth-order valence-electron chi connectivity index (χ4n) is 2.34.